The largest absolute Gasteiger partial charge is 0.453 e. The normalized spacial score (nSPS) is 12.9. The number of fused-ring (bicyclic) bond motifs is 1. The summed E-state index contributed by atoms with van der Waals surface area (Å²) < 4.78 is 6.51. The third-order valence-electron chi connectivity index (χ3n) is 2.81. The molecule has 84 valence electrons. The van der Waals surface area contributed by atoms with Crippen LogP contribution in [0.15, 0.2) is 33.2 Å². The Balaban J connectivity index is 2.48. The molecule has 0 aliphatic heterocycles. The van der Waals surface area contributed by atoms with Gasteiger partial charge in [-0.2, -0.15) is 0 Å². The predicted octanol–water partition coefficient (Wildman–Crippen LogP) is 4.42. The first-order chi connectivity index (χ1) is 7.63. The van der Waals surface area contributed by atoms with Gasteiger partial charge in [0.2, 0.25) is 5.78 Å². The minimum atomic E-state index is 0.0133. The fourth-order valence-corrected chi connectivity index (χ4v) is 2.04. The van der Waals surface area contributed by atoms with Crippen LogP contribution in [0.2, 0.25) is 0 Å². The van der Waals surface area contributed by atoms with E-state index in [1.165, 1.54) is 0 Å². The Morgan fingerprint density at radius 3 is 2.88 bits per heavy atom. The number of hydrogen-bond acceptors (Lipinski definition) is 2. The maximum atomic E-state index is 11.9. The van der Waals surface area contributed by atoms with Crippen LogP contribution in [0.1, 0.15) is 30.8 Å². The van der Waals surface area contributed by atoms with E-state index in [0.29, 0.717) is 5.76 Å². The van der Waals surface area contributed by atoms with Crippen LogP contribution in [0.3, 0.4) is 0 Å². The molecule has 0 saturated heterocycles. The third kappa shape index (κ3) is 1.92. The van der Waals surface area contributed by atoms with Gasteiger partial charge >= 0.3 is 0 Å². The molecule has 0 aliphatic carbocycles. The van der Waals surface area contributed by atoms with Crippen LogP contribution < -0.4 is 0 Å². The smallest absolute Gasteiger partial charge is 0.200 e. The van der Waals surface area contributed by atoms with Crippen molar-refractivity contribution in [3.05, 3.63) is 34.5 Å². The first-order valence-electron chi connectivity index (χ1n) is 5.35. The number of ketones is 1. The molecule has 0 spiro atoms. The summed E-state index contributed by atoms with van der Waals surface area (Å²) >= 11 is 3.44. The summed E-state index contributed by atoms with van der Waals surface area (Å²) in [6.07, 6.45) is 0.830. The van der Waals surface area contributed by atoms with Crippen molar-refractivity contribution >= 4 is 32.7 Å². The molecule has 0 amide bonds. The average molecular weight is 281 g/mol. The van der Waals surface area contributed by atoms with E-state index in [1.807, 2.05) is 38.1 Å². The van der Waals surface area contributed by atoms with Gasteiger partial charge in [0.25, 0.3) is 0 Å². The zero-order valence-corrected chi connectivity index (χ0v) is 10.9. The van der Waals surface area contributed by atoms with Crippen molar-refractivity contribution in [3.8, 4) is 0 Å². The van der Waals surface area contributed by atoms with E-state index in [-0.39, 0.29) is 11.7 Å². The summed E-state index contributed by atoms with van der Waals surface area (Å²) in [5.41, 5.74) is 0.751. The van der Waals surface area contributed by atoms with Crippen molar-refractivity contribution < 1.29 is 9.21 Å². The van der Waals surface area contributed by atoms with Gasteiger partial charge in [-0.3, -0.25) is 4.79 Å². The van der Waals surface area contributed by atoms with Gasteiger partial charge < -0.3 is 4.42 Å². The second-order valence-electron chi connectivity index (χ2n) is 3.94. The maximum Gasteiger partial charge on any atom is 0.200 e. The number of hydrogen-bond donors (Lipinski definition) is 0. The summed E-state index contributed by atoms with van der Waals surface area (Å²) in [7, 11) is 0. The molecule has 0 N–H and O–H groups in total. The molecule has 1 heterocycles. The minimum Gasteiger partial charge on any atom is -0.453 e. The quantitative estimate of drug-likeness (QED) is 0.779. The van der Waals surface area contributed by atoms with E-state index in [9.17, 15) is 4.79 Å². The molecule has 1 aromatic carbocycles. The zero-order chi connectivity index (χ0) is 11.7. The summed E-state index contributed by atoms with van der Waals surface area (Å²) in [4.78, 5) is 11.9. The first-order valence-corrected chi connectivity index (χ1v) is 6.15. The number of benzene rings is 1. The number of Topliss-reactive ketones (excluding diaryl/α,β-unsaturated/α-hetero) is 1. The standard InChI is InChI=1S/C13H13BrO2/c1-3-8(2)13(15)12-7-9-10(14)5-4-6-11(9)16-12/h4-8H,3H2,1-2H3. The highest BCUT2D eigenvalue weighted by Crippen LogP contribution is 2.28. The number of rotatable bonds is 3. The summed E-state index contributed by atoms with van der Waals surface area (Å²) in [6.45, 7) is 3.92. The van der Waals surface area contributed by atoms with Gasteiger partial charge in [-0.1, -0.05) is 35.8 Å². The zero-order valence-electron chi connectivity index (χ0n) is 9.29. The lowest BCUT2D eigenvalue weighted by Gasteiger charge is -2.02. The third-order valence-corrected chi connectivity index (χ3v) is 3.50. The monoisotopic (exact) mass is 280 g/mol. The molecule has 1 atom stereocenters. The highest BCUT2D eigenvalue weighted by molar-refractivity contribution is 9.10. The topological polar surface area (TPSA) is 30.2 Å². The molecular formula is C13H13BrO2. The minimum absolute atomic E-state index is 0.0133. The summed E-state index contributed by atoms with van der Waals surface area (Å²) in [6, 6.07) is 7.52. The Morgan fingerprint density at radius 2 is 2.25 bits per heavy atom. The Labute approximate surface area is 103 Å². The van der Waals surface area contributed by atoms with Gasteiger partial charge in [-0.25, -0.2) is 0 Å². The van der Waals surface area contributed by atoms with Crippen LogP contribution in [0, 0.1) is 5.92 Å². The molecule has 3 heteroatoms. The summed E-state index contributed by atoms with van der Waals surface area (Å²) in [5, 5.41) is 0.953. The Hall–Kier alpha value is -1.09. The van der Waals surface area contributed by atoms with Gasteiger partial charge in [0, 0.05) is 15.8 Å². The molecule has 1 aromatic heterocycles. The van der Waals surface area contributed by atoms with Crippen LogP contribution >= 0.6 is 15.9 Å². The van der Waals surface area contributed by atoms with Gasteiger partial charge in [-0.15, -0.1) is 0 Å². The molecule has 2 aromatic rings. The number of carbonyl (C=O) groups is 1. The lowest BCUT2D eigenvalue weighted by atomic mass is 10.0. The van der Waals surface area contributed by atoms with Crippen molar-refractivity contribution in [2.45, 2.75) is 20.3 Å². The van der Waals surface area contributed by atoms with Crippen LogP contribution in [0.25, 0.3) is 11.0 Å². The summed E-state index contributed by atoms with van der Waals surface area (Å²) in [5.74, 6) is 0.543. The van der Waals surface area contributed by atoms with Crippen molar-refractivity contribution in [1.29, 1.82) is 0 Å². The number of halogens is 1. The van der Waals surface area contributed by atoms with Crippen LogP contribution in [-0.4, -0.2) is 5.78 Å². The van der Waals surface area contributed by atoms with Gasteiger partial charge in [0.1, 0.15) is 5.58 Å². The average Bonchev–Trinajstić information content (AvgIpc) is 2.72. The van der Waals surface area contributed by atoms with E-state index in [2.05, 4.69) is 15.9 Å². The fraction of sp³-hybridized carbons (Fsp3) is 0.308. The van der Waals surface area contributed by atoms with Crippen LogP contribution in [0.4, 0.5) is 0 Å². The van der Waals surface area contributed by atoms with Gasteiger partial charge in [0.15, 0.2) is 5.76 Å². The van der Waals surface area contributed by atoms with Crippen LogP contribution in [-0.2, 0) is 0 Å². The molecule has 0 saturated carbocycles. The fourth-order valence-electron chi connectivity index (χ4n) is 1.58. The van der Waals surface area contributed by atoms with E-state index in [0.717, 1.165) is 21.9 Å². The molecule has 16 heavy (non-hydrogen) atoms. The Morgan fingerprint density at radius 1 is 1.50 bits per heavy atom. The van der Waals surface area contributed by atoms with E-state index >= 15 is 0 Å². The van der Waals surface area contributed by atoms with Crippen molar-refractivity contribution in [2.24, 2.45) is 5.92 Å². The second-order valence-corrected chi connectivity index (χ2v) is 4.79. The van der Waals surface area contributed by atoms with Gasteiger partial charge in [-0.05, 0) is 24.6 Å². The van der Waals surface area contributed by atoms with E-state index in [1.54, 1.807) is 0 Å². The SMILES string of the molecule is CCC(C)C(=O)c1cc2c(Br)cccc2o1. The van der Waals surface area contributed by atoms with E-state index in [4.69, 9.17) is 4.42 Å². The molecule has 2 nitrogen and oxygen atoms in total. The molecule has 0 fully saturated rings. The van der Waals surface area contributed by atoms with Gasteiger partial charge in [0.05, 0.1) is 0 Å². The maximum absolute atomic E-state index is 11.9. The number of carbonyl (C=O) groups excluding carboxylic acids is 1. The predicted molar refractivity (Wildman–Crippen MR) is 67.7 cm³/mol. The molecular weight excluding hydrogens is 268 g/mol. The van der Waals surface area contributed by atoms with E-state index < -0.39 is 0 Å². The highest BCUT2D eigenvalue weighted by atomic mass is 79.9. The molecule has 0 bridgehead atoms. The van der Waals surface area contributed by atoms with Crippen molar-refractivity contribution in [3.63, 3.8) is 0 Å². The van der Waals surface area contributed by atoms with Crippen molar-refractivity contribution in [1.82, 2.24) is 0 Å². The molecule has 2 rings (SSSR count). The molecule has 0 aliphatic rings. The molecule has 1 unspecified atom stereocenters. The lowest BCUT2D eigenvalue weighted by Crippen LogP contribution is -2.08. The first kappa shape index (κ1) is 11.4. The highest BCUT2D eigenvalue weighted by Gasteiger charge is 2.18. The second kappa shape index (κ2) is 4.42. The Bertz CT molecular complexity index is 528. The van der Waals surface area contributed by atoms with Crippen molar-refractivity contribution in [2.75, 3.05) is 0 Å². The number of furan rings is 1. The van der Waals surface area contributed by atoms with Crippen LogP contribution in [0.5, 0.6) is 0 Å². The Kier molecular flexibility index (Phi) is 3.15. The lowest BCUT2D eigenvalue weighted by molar-refractivity contribution is 0.0901. The molecule has 0 radical (unpaired) electrons.